The number of nitrogens with one attached hydrogen (secondary N) is 1. The third kappa shape index (κ3) is 3.66. The molecule has 30 heavy (non-hydrogen) atoms. The number of aryl methyl sites for hydroxylation is 1. The SMILES string of the molecule is Cc1cc(C(=O)Nc2ccc(C3=C4C=CC=CC4C(=O)N=N3)cc2)nn1C(C)(C)C. The lowest BCUT2D eigenvalue weighted by atomic mass is 9.89. The van der Waals surface area contributed by atoms with Crippen LogP contribution in [0.25, 0.3) is 5.70 Å². The minimum atomic E-state index is -0.386. The maximum atomic E-state index is 12.6. The van der Waals surface area contributed by atoms with E-state index in [0.717, 1.165) is 16.8 Å². The number of amides is 2. The lowest BCUT2D eigenvalue weighted by Crippen LogP contribution is -2.25. The Morgan fingerprint density at radius 3 is 2.50 bits per heavy atom. The summed E-state index contributed by atoms with van der Waals surface area (Å²) in [5.41, 5.74) is 4.08. The van der Waals surface area contributed by atoms with Gasteiger partial charge in [0.15, 0.2) is 5.69 Å². The summed E-state index contributed by atoms with van der Waals surface area (Å²) in [5.74, 6) is -0.912. The van der Waals surface area contributed by atoms with Crippen LogP contribution in [0, 0.1) is 12.8 Å². The number of hydrogen-bond acceptors (Lipinski definition) is 4. The van der Waals surface area contributed by atoms with E-state index in [9.17, 15) is 9.59 Å². The molecule has 2 aliphatic rings. The molecule has 2 heterocycles. The molecular weight excluding hydrogens is 378 g/mol. The number of azo groups is 1. The molecule has 7 nitrogen and oxygen atoms in total. The number of nitrogens with zero attached hydrogens (tertiary/aromatic N) is 4. The zero-order valence-electron chi connectivity index (χ0n) is 17.4. The van der Waals surface area contributed by atoms with Crippen LogP contribution in [-0.2, 0) is 10.3 Å². The number of aromatic nitrogens is 2. The Kier molecular flexibility index (Phi) is 4.81. The van der Waals surface area contributed by atoms with Crippen LogP contribution in [0.4, 0.5) is 5.69 Å². The quantitative estimate of drug-likeness (QED) is 0.812. The van der Waals surface area contributed by atoms with Crippen molar-refractivity contribution >= 4 is 23.2 Å². The molecule has 1 atom stereocenters. The molecular formula is C23H23N5O2. The van der Waals surface area contributed by atoms with Gasteiger partial charge in [-0.15, -0.1) is 10.2 Å². The van der Waals surface area contributed by atoms with Crippen molar-refractivity contribution in [3.63, 3.8) is 0 Å². The number of carbonyl (C=O) groups excluding carboxylic acids is 2. The van der Waals surface area contributed by atoms with Crippen molar-refractivity contribution in [2.75, 3.05) is 5.32 Å². The molecule has 1 aromatic carbocycles. The maximum Gasteiger partial charge on any atom is 0.276 e. The second-order valence-electron chi connectivity index (χ2n) is 8.35. The van der Waals surface area contributed by atoms with Gasteiger partial charge in [0.2, 0.25) is 0 Å². The Morgan fingerprint density at radius 2 is 1.83 bits per heavy atom. The standard InChI is InChI=1S/C23H23N5O2/c1-14-13-19(27-28(14)23(2,3)4)22(30)24-16-11-9-15(10-12-16)20-17-7-5-6-8-18(17)21(29)26-25-20/h5-13,18H,1-4H3,(H,24,30). The van der Waals surface area contributed by atoms with E-state index in [4.69, 9.17) is 0 Å². The zero-order valence-corrected chi connectivity index (χ0v) is 17.4. The molecule has 2 amide bonds. The van der Waals surface area contributed by atoms with E-state index in [2.05, 4.69) is 20.6 Å². The number of hydrogen-bond donors (Lipinski definition) is 1. The van der Waals surface area contributed by atoms with E-state index in [1.54, 1.807) is 18.2 Å². The maximum absolute atomic E-state index is 12.6. The van der Waals surface area contributed by atoms with Gasteiger partial charge in [-0.1, -0.05) is 36.4 Å². The van der Waals surface area contributed by atoms with Gasteiger partial charge in [-0.25, -0.2) is 0 Å². The number of carbonyl (C=O) groups is 2. The monoisotopic (exact) mass is 401 g/mol. The first-order valence-corrected chi connectivity index (χ1v) is 9.77. The Bertz CT molecular complexity index is 1140. The van der Waals surface area contributed by atoms with Crippen LogP contribution < -0.4 is 5.32 Å². The first-order chi connectivity index (χ1) is 14.2. The summed E-state index contributed by atoms with van der Waals surface area (Å²) in [4.78, 5) is 24.6. The fourth-order valence-corrected chi connectivity index (χ4v) is 3.60. The number of allylic oxidation sites excluding steroid dienone is 3. The second kappa shape index (κ2) is 7.33. The molecule has 1 aliphatic carbocycles. The lowest BCUT2D eigenvalue weighted by molar-refractivity contribution is -0.119. The Balaban J connectivity index is 1.54. The second-order valence-corrected chi connectivity index (χ2v) is 8.35. The van der Waals surface area contributed by atoms with Gasteiger partial charge < -0.3 is 5.32 Å². The van der Waals surface area contributed by atoms with Gasteiger partial charge in [-0.2, -0.15) is 5.10 Å². The molecule has 1 unspecified atom stereocenters. The minimum absolute atomic E-state index is 0.199. The summed E-state index contributed by atoms with van der Waals surface area (Å²) in [5, 5.41) is 15.2. The van der Waals surface area contributed by atoms with Crippen LogP contribution in [0.3, 0.4) is 0 Å². The zero-order chi connectivity index (χ0) is 21.5. The molecule has 1 aliphatic heterocycles. The first-order valence-electron chi connectivity index (χ1n) is 9.77. The molecule has 0 radical (unpaired) electrons. The van der Waals surface area contributed by atoms with Gasteiger partial charge in [0, 0.05) is 16.9 Å². The Labute approximate surface area is 174 Å². The van der Waals surface area contributed by atoms with Gasteiger partial charge in [0.1, 0.15) is 0 Å². The van der Waals surface area contributed by atoms with Crippen LogP contribution in [0.5, 0.6) is 0 Å². The summed E-state index contributed by atoms with van der Waals surface area (Å²) >= 11 is 0. The topological polar surface area (TPSA) is 88.7 Å². The summed E-state index contributed by atoms with van der Waals surface area (Å²) in [6.45, 7) is 8.06. The molecule has 1 N–H and O–H groups in total. The molecule has 1 aromatic heterocycles. The summed E-state index contributed by atoms with van der Waals surface area (Å²) < 4.78 is 1.84. The number of rotatable bonds is 3. The molecule has 4 rings (SSSR count). The third-order valence-electron chi connectivity index (χ3n) is 4.99. The van der Waals surface area contributed by atoms with Crippen LogP contribution in [0.2, 0.25) is 0 Å². The molecule has 152 valence electrons. The highest BCUT2D eigenvalue weighted by atomic mass is 16.2. The number of anilines is 1. The van der Waals surface area contributed by atoms with Crippen molar-refractivity contribution in [1.82, 2.24) is 9.78 Å². The third-order valence-corrected chi connectivity index (χ3v) is 4.99. The van der Waals surface area contributed by atoms with Crippen molar-refractivity contribution in [2.24, 2.45) is 16.1 Å². The molecule has 0 fully saturated rings. The van der Waals surface area contributed by atoms with Crippen molar-refractivity contribution in [2.45, 2.75) is 33.2 Å². The van der Waals surface area contributed by atoms with E-state index >= 15 is 0 Å². The van der Waals surface area contributed by atoms with E-state index < -0.39 is 0 Å². The van der Waals surface area contributed by atoms with Gasteiger partial charge in [-0.05, 0) is 51.5 Å². The molecule has 0 bridgehead atoms. The Morgan fingerprint density at radius 1 is 1.10 bits per heavy atom. The summed E-state index contributed by atoms with van der Waals surface area (Å²) in [6.07, 6.45) is 7.43. The number of fused-ring (bicyclic) bond motifs is 1. The van der Waals surface area contributed by atoms with Crippen LogP contribution in [0.15, 0.2) is 70.4 Å². The van der Waals surface area contributed by atoms with Crippen LogP contribution in [0.1, 0.15) is 42.5 Å². The first kappa shape index (κ1) is 19.7. The smallest absolute Gasteiger partial charge is 0.276 e. The molecule has 0 saturated carbocycles. The molecule has 0 spiro atoms. The molecule has 2 aromatic rings. The predicted molar refractivity (Wildman–Crippen MR) is 115 cm³/mol. The highest BCUT2D eigenvalue weighted by molar-refractivity contribution is 6.03. The van der Waals surface area contributed by atoms with Gasteiger partial charge >= 0.3 is 0 Å². The fourth-order valence-electron chi connectivity index (χ4n) is 3.60. The summed E-state index contributed by atoms with van der Waals surface area (Å²) in [7, 11) is 0. The minimum Gasteiger partial charge on any atom is -0.321 e. The number of benzene rings is 1. The Hall–Kier alpha value is -3.61. The van der Waals surface area contributed by atoms with Crippen LogP contribution in [-0.4, -0.2) is 21.6 Å². The largest absolute Gasteiger partial charge is 0.321 e. The van der Waals surface area contributed by atoms with Crippen molar-refractivity contribution in [3.05, 3.63) is 77.2 Å². The van der Waals surface area contributed by atoms with E-state index in [0.29, 0.717) is 17.1 Å². The highest BCUT2D eigenvalue weighted by Gasteiger charge is 2.27. The average Bonchev–Trinajstić information content (AvgIpc) is 3.12. The van der Waals surface area contributed by atoms with Crippen LogP contribution >= 0.6 is 0 Å². The van der Waals surface area contributed by atoms with Gasteiger partial charge in [0.05, 0.1) is 17.2 Å². The molecule has 7 heteroatoms. The fraction of sp³-hybridized carbons (Fsp3) is 0.261. The molecule has 0 saturated heterocycles. The lowest BCUT2D eigenvalue weighted by Gasteiger charge is -2.21. The van der Waals surface area contributed by atoms with E-state index in [-0.39, 0.29) is 23.3 Å². The summed E-state index contributed by atoms with van der Waals surface area (Å²) in [6, 6.07) is 9.10. The van der Waals surface area contributed by atoms with E-state index in [1.807, 2.05) is 68.8 Å². The normalized spacial score (nSPS) is 18.0. The van der Waals surface area contributed by atoms with Crippen molar-refractivity contribution in [3.8, 4) is 0 Å². The van der Waals surface area contributed by atoms with E-state index in [1.165, 1.54) is 0 Å². The van der Waals surface area contributed by atoms with Crippen molar-refractivity contribution < 1.29 is 9.59 Å². The average molecular weight is 401 g/mol. The predicted octanol–water partition coefficient (Wildman–Crippen LogP) is 4.64. The van der Waals surface area contributed by atoms with Gasteiger partial charge in [-0.3, -0.25) is 14.3 Å². The van der Waals surface area contributed by atoms with Crippen molar-refractivity contribution in [1.29, 1.82) is 0 Å². The van der Waals surface area contributed by atoms with Gasteiger partial charge in [0.25, 0.3) is 11.8 Å². The highest BCUT2D eigenvalue weighted by Crippen LogP contribution is 2.34.